The average molecular weight is 386 g/mol. The molecule has 3 heterocycles. The van der Waals surface area contributed by atoms with E-state index in [1.165, 1.54) is 35.1 Å². The Kier molecular flexibility index (Phi) is 5.86. The number of nitriles is 1. The molecule has 0 bridgehead atoms. The van der Waals surface area contributed by atoms with E-state index in [0.29, 0.717) is 6.42 Å². The fourth-order valence-electron chi connectivity index (χ4n) is 4.04. The Morgan fingerprint density at radius 2 is 2.04 bits per heavy atom. The van der Waals surface area contributed by atoms with Gasteiger partial charge in [-0.3, -0.25) is 4.90 Å². The summed E-state index contributed by atoms with van der Waals surface area (Å²) < 4.78 is 5.47. The second kappa shape index (κ2) is 8.51. The molecule has 0 spiro atoms. The number of aryl methyl sites for hydroxylation is 2. The quantitative estimate of drug-likeness (QED) is 0.761. The van der Waals surface area contributed by atoms with E-state index < -0.39 is 0 Å². The summed E-state index contributed by atoms with van der Waals surface area (Å²) >= 11 is 1.86. The molecule has 0 atom stereocenters. The molecule has 1 saturated heterocycles. The second-order valence-electron chi connectivity index (χ2n) is 7.23. The van der Waals surface area contributed by atoms with Gasteiger partial charge in [0.1, 0.15) is 16.5 Å². The summed E-state index contributed by atoms with van der Waals surface area (Å²) in [6.07, 6.45) is 5.33. The number of ether oxygens (including phenoxy) is 1. The largest absolute Gasteiger partial charge is 0.379 e. The van der Waals surface area contributed by atoms with Crippen molar-refractivity contribution in [2.45, 2.75) is 45.6 Å². The van der Waals surface area contributed by atoms with Crippen molar-refractivity contribution in [3.8, 4) is 6.07 Å². The van der Waals surface area contributed by atoms with Gasteiger partial charge in [-0.1, -0.05) is 0 Å². The summed E-state index contributed by atoms with van der Waals surface area (Å²) in [5, 5.41) is 10.3. The smallest absolute Gasteiger partial charge is 0.146 e. The van der Waals surface area contributed by atoms with Gasteiger partial charge < -0.3 is 9.64 Å². The monoisotopic (exact) mass is 385 g/mol. The minimum atomic E-state index is 0.518. The molecule has 1 aliphatic carbocycles. The second-order valence-corrected chi connectivity index (χ2v) is 8.31. The number of hydrogen-bond acceptors (Lipinski definition) is 7. The molecule has 0 amide bonds. The van der Waals surface area contributed by atoms with Crippen LogP contribution in [-0.4, -0.2) is 54.3 Å². The average Bonchev–Trinajstić information content (AvgIpc) is 3.07. The zero-order chi connectivity index (χ0) is 18.6. The molecule has 0 saturated carbocycles. The van der Waals surface area contributed by atoms with Gasteiger partial charge in [-0.05, 0) is 38.2 Å². The van der Waals surface area contributed by atoms with Crippen LogP contribution in [0.15, 0.2) is 0 Å². The molecule has 0 unspecified atom stereocenters. The van der Waals surface area contributed by atoms with E-state index in [0.717, 1.165) is 68.8 Å². The molecule has 6 nitrogen and oxygen atoms in total. The Hall–Kier alpha value is -1.75. The highest BCUT2D eigenvalue weighted by Crippen LogP contribution is 2.39. The van der Waals surface area contributed by atoms with Crippen LogP contribution in [0.25, 0.3) is 10.2 Å². The maximum atomic E-state index is 9.07. The predicted octanol–water partition coefficient (Wildman–Crippen LogP) is 3.14. The first-order valence-corrected chi connectivity index (χ1v) is 10.8. The third-order valence-corrected chi connectivity index (χ3v) is 6.67. The Morgan fingerprint density at radius 1 is 1.22 bits per heavy atom. The lowest BCUT2D eigenvalue weighted by atomic mass is 9.97. The number of fused-ring (bicyclic) bond motifs is 3. The number of morpholine rings is 1. The first kappa shape index (κ1) is 18.6. The van der Waals surface area contributed by atoms with E-state index >= 15 is 0 Å². The third kappa shape index (κ3) is 3.93. The van der Waals surface area contributed by atoms with Crippen molar-refractivity contribution in [1.82, 2.24) is 14.9 Å². The fourth-order valence-corrected chi connectivity index (χ4v) is 5.31. The Morgan fingerprint density at radius 3 is 2.81 bits per heavy atom. The zero-order valence-corrected chi connectivity index (χ0v) is 16.9. The molecule has 0 radical (unpaired) electrons. The number of anilines is 1. The summed E-state index contributed by atoms with van der Waals surface area (Å²) in [6, 6.07) is 2.28. The van der Waals surface area contributed by atoms with Crippen LogP contribution >= 0.6 is 11.3 Å². The van der Waals surface area contributed by atoms with Crippen molar-refractivity contribution < 1.29 is 4.74 Å². The lowest BCUT2D eigenvalue weighted by Crippen LogP contribution is -2.36. The van der Waals surface area contributed by atoms with Gasteiger partial charge in [-0.2, -0.15) is 5.26 Å². The molecule has 2 aromatic heterocycles. The maximum Gasteiger partial charge on any atom is 0.146 e. The highest BCUT2D eigenvalue weighted by molar-refractivity contribution is 7.19. The molecule has 27 heavy (non-hydrogen) atoms. The van der Waals surface area contributed by atoms with Crippen molar-refractivity contribution >= 4 is 27.4 Å². The summed E-state index contributed by atoms with van der Waals surface area (Å²) in [6.45, 7) is 7.93. The molecule has 1 fully saturated rings. The van der Waals surface area contributed by atoms with Gasteiger partial charge in [0, 0.05) is 31.1 Å². The molecule has 0 aromatic carbocycles. The Balaban J connectivity index is 1.75. The van der Waals surface area contributed by atoms with Crippen molar-refractivity contribution in [1.29, 1.82) is 5.26 Å². The van der Waals surface area contributed by atoms with Crippen molar-refractivity contribution in [3.05, 3.63) is 16.3 Å². The molecule has 4 rings (SSSR count). The van der Waals surface area contributed by atoms with Crippen LogP contribution in [0.2, 0.25) is 0 Å². The highest BCUT2D eigenvalue weighted by Gasteiger charge is 2.24. The van der Waals surface area contributed by atoms with Gasteiger partial charge >= 0.3 is 0 Å². The van der Waals surface area contributed by atoms with E-state index in [-0.39, 0.29) is 0 Å². The number of thiophene rings is 1. The van der Waals surface area contributed by atoms with E-state index in [4.69, 9.17) is 20.0 Å². The fraction of sp³-hybridized carbons (Fsp3) is 0.650. The van der Waals surface area contributed by atoms with Gasteiger partial charge in [-0.15, -0.1) is 11.3 Å². The summed E-state index contributed by atoms with van der Waals surface area (Å²) in [5.41, 5.74) is 1.46. The van der Waals surface area contributed by atoms with Gasteiger partial charge in [0.15, 0.2) is 0 Å². The zero-order valence-electron chi connectivity index (χ0n) is 16.0. The minimum absolute atomic E-state index is 0.518. The van der Waals surface area contributed by atoms with Crippen molar-refractivity contribution in [2.24, 2.45) is 0 Å². The van der Waals surface area contributed by atoms with Crippen LogP contribution < -0.4 is 4.90 Å². The van der Waals surface area contributed by atoms with Gasteiger partial charge in [0.2, 0.25) is 0 Å². The van der Waals surface area contributed by atoms with Gasteiger partial charge in [0.25, 0.3) is 0 Å². The molecule has 1 aliphatic heterocycles. The number of aromatic nitrogens is 2. The predicted molar refractivity (Wildman–Crippen MR) is 108 cm³/mol. The van der Waals surface area contributed by atoms with Crippen LogP contribution in [-0.2, 0) is 24.1 Å². The number of hydrogen-bond donors (Lipinski definition) is 0. The first-order chi connectivity index (χ1) is 13.3. The van der Waals surface area contributed by atoms with E-state index in [1.54, 1.807) is 0 Å². The lowest BCUT2D eigenvalue weighted by molar-refractivity contribution is 0.0331. The summed E-state index contributed by atoms with van der Waals surface area (Å²) in [7, 11) is 0. The van der Waals surface area contributed by atoms with Gasteiger partial charge in [0.05, 0.1) is 37.6 Å². The van der Waals surface area contributed by atoms with Gasteiger partial charge in [-0.25, -0.2) is 9.97 Å². The van der Waals surface area contributed by atoms with E-state index in [9.17, 15) is 0 Å². The van der Waals surface area contributed by atoms with Crippen LogP contribution in [0.5, 0.6) is 0 Å². The molecular formula is C20H27N5OS. The highest BCUT2D eigenvalue weighted by atomic mass is 32.1. The maximum absolute atomic E-state index is 9.07. The summed E-state index contributed by atoms with van der Waals surface area (Å²) in [5.74, 6) is 1.94. The number of nitrogens with zero attached hydrogens (tertiary/aromatic N) is 5. The molecule has 2 aliphatic rings. The third-order valence-electron chi connectivity index (χ3n) is 5.49. The van der Waals surface area contributed by atoms with E-state index in [1.807, 2.05) is 11.3 Å². The molecule has 2 aromatic rings. The topological polar surface area (TPSA) is 65.3 Å². The molecular weight excluding hydrogens is 358 g/mol. The van der Waals surface area contributed by atoms with Crippen molar-refractivity contribution in [3.63, 3.8) is 0 Å². The van der Waals surface area contributed by atoms with Crippen LogP contribution in [0.3, 0.4) is 0 Å². The number of rotatable bonds is 6. The molecule has 144 valence electrons. The Labute approximate surface area is 164 Å². The van der Waals surface area contributed by atoms with Crippen LogP contribution in [0, 0.1) is 11.3 Å². The first-order valence-electron chi connectivity index (χ1n) is 10.0. The Bertz CT molecular complexity index is 837. The SMILES string of the molecule is CCN(CCC#N)c1nc(CN2CCOCC2)nc2sc3c(c12)CCCC3. The summed E-state index contributed by atoms with van der Waals surface area (Å²) in [4.78, 5) is 17.2. The standard InChI is InChI=1S/C20H27N5OS/c1-2-25(9-5-8-21)19-18-15-6-3-4-7-16(15)27-20(18)23-17(22-19)14-24-10-12-26-13-11-24/h2-7,9-14H2,1H3. The molecule has 7 heteroatoms. The lowest BCUT2D eigenvalue weighted by Gasteiger charge is -2.27. The van der Waals surface area contributed by atoms with Crippen LogP contribution in [0.4, 0.5) is 5.82 Å². The molecule has 0 N–H and O–H groups in total. The normalized spacial score (nSPS) is 17.6. The van der Waals surface area contributed by atoms with E-state index in [2.05, 4.69) is 22.8 Å². The minimum Gasteiger partial charge on any atom is -0.379 e. The van der Waals surface area contributed by atoms with Crippen LogP contribution in [0.1, 0.15) is 42.5 Å². The van der Waals surface area contributed by atoms with Crippen molar-refractivity contribution in [2.75, 3.05) is 44.3 Å².